The minimum Gasteiger partial charge on any atom is -0.494 e. The van der Waals surface area contributed by atoms with Gasteiger partial charge in [-0.05, 0) is 68.4 Å². The Labute approximate surface area is 162 Å². The third-order valence-electron chi connectivity index (χ3n) is 4.73. The fourth-order valence-corrected chi connectivity index (χ4v) is 3.74. The number of aryl methyl sites for hydroxylation is 1. The number of piperidine rings is 1. The zero-order valence-corrected chi connectivity index (χ0v) is 16.4. The highest BCUT2D eigenvalue weighted by Gasteiger charge is 2.26. The molecule has 0 radical (unpaired) electrons. The number of ether oxygens (including phenoxy) is 1. The van der Waals surface area contributed by atoms with Crippen molar-refractivity contribution < 1.29 is 14.3 Å². The van der Waals surface area contributed by atoms with Crippen LogP contribution in [0.25, 0.3) is 0 Å². The molecular weight excluding hydrogens is 364 g/mol. The number of rotatable bonds is 6. The molecule has 8 heteroatoms. The van der Waals surface area contributed by atoms with E-state index in [0.29, 0.717) is 48.3 Å². The topological polar surface area (TPSA) is 84.4 Å². The maximum absolute atomic E-state index is 12.5. The summed E-state index contributed by atoms with van der Waals surface area (Å²) in [6, 6.07) is 7.15. The van der Waals surface area contributed by atoms with Crippen LogP contribution in [0, 0.1) is 12.8 Å². The first-order valence-electron chi connectivity index (χ1n) is 9.17. The van der Waals surface area contributed by atoms with E-state index in [-0.39, 0.29) is 11.8 Å². The smallest absolute Gasteiger partial charge is 0.267 e. The molecule has 0 aliphatic carbocycles. The molecule has 0 spiro atoms. The SMILES string of the molecule is CCOc1ccc(C(=O)NCC2CCN(C(=O)c3snnc3C)CC2)cc1. The Balaban J connectivity index is 1.44. The van der Waals surface area contributed by atoms with Gasteiger partial charge in [0, 0.05) is 25.2 Å². The van der Waals surface area contributed by atoms with Gasteiger partial charge in [0.2, 0.25) is 0 Å². The zero-order valence-electron chi connectivity index (χ0n) is 15.6. The largest absolute Gasteiger partial charge is 0.494 e. The van der Waals surface area contributed by atoms with Crippen molar-refractivity contribution in [1.82, 2.24) is 19.8 Å². The second-order valence-electron chi connectivity index (χ2n) is 6.59. The van der Waals surface area contributed by atoms with E-state index < -0.39 is 0 Å². The van der Waals surface area contributed by atoms with Crippen LogP contribution in [0.1, 0.15) is 45.5 Å². The van der Waals surface area contributed by atoms with Gasteiger partial charge in [0.15, 0.2) is 0 Å². The number of amides is 2. The first kappa shape index (κ1) is 19.3. The van der Waals surface area contributed by atoms with Crippen LogP contribution < -0.4 is 10.1 Å². The third kappa shape index (κ3) is 4.82. The number of aromatic nitrogens is 2. The molecule has 0 bridgehead atoms. The molecule has 1 aliphatic rings. The molecule has 1 saturated heterocycles. The maximum Gasteiger partial charge on any atom is 0.267 e. The summed E-state index contributed by atoms with van der Waals surface area (Å²) < 4.78 is 9.22. The monoisotopic (exact) mass is 388 g/mol. The number of hydrogen-bond donors (Lipinski definition) is 1. The van der Waals surface area contributed by atoms with Crippen molar-refractivity contribution in [2.45, 2.75) is 26.7 Å². The van der Waals surface area contributed by atoms with Gasteiger partial charge in [-0.25, -0.2) is 0 Å². The quantitative estimate of drug-likeness (QED) is 0.822. The molecular formula is C19H24N4O3S. The van der Waals surface area contributed by atoms with Crippen LogP contribution in [0.4, 0.5) is 0 Å². The fraction of sp³-hybridized carbons (Fsp3) is 0.474. The van der Waals surface area contributed by atoms with Gasteiger partial charge in [-0.3, -0.25) is 9.59 Å². The predicted molar refractivity (Wildman–Crippen MR) is 103 cm³/mol. The first-order chi connectivity index (χ1) is 13.1. The lowest BCUT2D eigenvalue weighted by Gasteiger charge is -2.31. The minimum atomic E-state index is -0.0806. The van der Waals surface area contributed by atoms with Crippen LogP contribution in [-0.2, 0) is 0 Å². The number of benzene rings is 1. The Kier molecular flexibility index (Phi) is 6.39. The number of carbonyl (C=O) groups is 2. The molecule has 1 aromatic carbocycles. The summed E-state index contributed by atoms with van der Waals surface area (Å²) in [5.74, 6) is 1.07. The van der Waals surface area contributed by atoms with E-state index in [1.807, 2.05) is 11.8 Å². The molecule has 1 N–H and O–H groups in total. The van der Waals surface area contributed by atoms with Crippen molar-refractivity contribution in [1.29, 1.82) is 0 Å². The molecule has 2 aromatic rings. The normalized spacial score (nSPS) is 14.8. The number of nitrogens with zero attached hydrogens (tertiary/aromatic N) is 3. The van der Waals surface area contributed by atoms with E-state index >= 15 is 0 Å². The van der Waals surface area contributed by atoms with E-state index in [4.69, 9.17) is 4.74 Å². The number of hydrogen-bond acceptors (Lipinski definition) is 6. The number of carbonyl (C=O) groups excluding carboxylic acids is 2. The van der Waals surface area contributed by atoms with Gasteiger partial charge in [-0.2, -0.15) is 0 Å². The Hall–Kier alpha value is -2.48. The Morgan fingerprint density at radius 1 is 1.26 bits per heavy atom. The van der Waals surface area contributed by atoms with Crippen LogP contribution in [0.15, 0.2) is 24.3 Å². The van der Waals surface area contributed by atoms with Crippen molar-refractivity contribution in [3.05, 3.63) is 40.4 Å². The lowest BCUT2D eigenvalue weighted by molar-refractivity contribution is 0.0688. The second-order valence-corrected chi connectivity index (χ2v) is 7.34. The van der Waals surface area contributed by atoms with E-state index in [1.54, 1.807) is 31.2 Å². The average Bonchev–Trinajstić information content (AvgIpc) is 3.12. The lowest BCUT2D eigenvalue weighted by atomic mass is 9.96. The highest BCUT2D eigenvalue weighted by molar-refractivity contribution is 7.07. The summed E-state index contributed by atoms with van der Waals surface area (Å²) >= 11 is 1.15. The van der Waals surface area contributed by atoms with Gasteiger partial charge in [0.1, 0.15) is 10.6 Å². The highest BCUT2D eigenvalue weighted by atomic mass is 32.1. The summed E-state index contributed by atoms with van der Waals surface area (Å²) in [7, 11) is 0. The van der Waals surface area contributed by atoms with Gasteiger partial charge < -0.3 is 15.0 Å². The molecule has 2 amide bonds. The maximum atomic E-state index is 12.5. The van der Waals surface area contributed by atoms with E-state index in [1.165, 1.54) is 0 Å². The molecule has 0 saturated carbocycles. The van der Waals surface area contributed by atoms with E-state index in [9.17, 15) is 9.59 Å². The molecule has 1 aliphatic heterocycles. The van der Waals surface area contributed by atoms with Gasteiger partial charge in [-0.15, -0.1) is 5.10 Å². The summed E-state index contributed by atoms with van der Waals surface area (Å²) in [6.45, 7) is 6.34. The molecule has 0 atom stereocenters. The highest BCUT2D eigenvalue weighted by Crippen LogP contribution is 2.21. The Morgan fingerprint density at radius 2 is 1.96 bits per heavy atom. The van der Waals surface area contributed by atoms with Gasteiger partial charge in [0.25, 0.3) is 11.8 Å². The van der Waals surface area contributed by atoms with Crippen molar-refractivity contribution in [2.75, 3.05) is 26.2 Å². The summed E-state index contributed by atoms with van der Waals surface area (Å²) in [5, 5.41) is 6.91. The van der Waals surface area contributed by atoms with Crippen LogP contribution in [0.3, 0.4) is 0 Å². The van der Waals surface area contributed by atoms with Crippen molar-refractivity contribution in [3.63, 3.8) is 0 Å². The Bertz CT molecular complexity index is 783. The minimum absolute atomic E-state index is 0.0133. The molecule has 0 unspecified atom stereocenters. The first-order valence-corrected chi connectivity index (χ1v) is 9.95. The standard InChI is InChI=1S/C19H24N4O3S/c1-3-26-16-6-4-15(5-7-16)18(24)20-12-14-8-10-23(11-9-14)19(25)17-13(2)21-22-27-17/h4-7,14H,3,8-12H2,1-2H3,(H,20,24). The third-order valence-corrected chi connectivity index (χ3v) is 5.54. The molecule has 7 nitrogen and oxygen atoms in total. The van der Waals surface area contributed by atoms with Crippen LogP contribution in [0.5, 0.6) is 5.75 Å². The molecule has 144 valence electrons. The van der Waals surface area contributed by atoms with Crippen LogP contribution in [-0.4, -0.2) is 52.5 Å². The summed E-state index contributed by atoms with van der Waals surface area (Å²) in [5.41, 5.74) is 1.31. The zero-order chi connectivity index (χ0) is 19.2. The summed E-state index contributed by atoms with van der Waals surface area (Å²) in [4.78, 5) is 27.3. The second kappa shape index (κ2) is 8.94. The average molecular weight is 388 g/mol. The van der Waals surface area contributed by atoms with Crippen molar-refractivity contribution in [2.24, 2.45) is 5.92 Å². The fourth-order valence-electron chi connectivity index (χ4n) is 3.12. The van der Waals surface area contributed by atoms with Gasteiger partial charge in [0.05, 0.1) is 12.3 Å². The van der Waals surface area contributed by atoms with Crippen molar-refractivity contribution >= 4 is 23.3 Å². The number of nitrogens with one attached hydrogen (secondary N) is 1. The number of likely N-dealkylation sites (tertiary alicyclic amines) is 1. The molecule has 2 heterocycles. The molecule has 1 aromatic heterocycles. The Morgan fingerprint density at radius 3 is 2.56 bits per heavy atom. The molecule has 3 rings (SSSR count). The van der Waals surface area contributed by atoms with Crippen LogP contribution >= 0.6 is 11.5 Å². The lowest BCUT2D eigenvalue weighted by Crippen LogP contribution is -2.41. The van der Waals surface area contributed by atoms with E-state index in [2.05, 4.69) is 14.9 Å². The van der Waals surface area contributed by atoms with Crippen LogP contribution in [0.2, 0.25) is 0 Å². The molecule has 1 fully saturated rings. The summed E-state index contributed by atoms with van der Waals surface area (Å²) in [6.07, 6.45) is 1.75. The predicted octanol–water partition coefficient (Wildman–Crippen LogP) is 2.53. The van der Waals surface area contributed by atoms with Gasteiger partial charge >= 0.3 is 0 Å². The van der Waals surface area contributed by atoms with E-state index in [0.717, 1.165) is 30.1 Å². The van der Waals surface area contributed by atoms with Gasteiger partial charge in [-0.1, -0.05) is 4.49 Å². The molecule has 27 heavy (non-hydrogen) atoms. The van der Waals surface area contributed by atoms with Crippen molar-refractivity contribution in [3.8, 4) is 5.75 Å².